The van der Waals surface area contributed by atoms with E-state index in [1.54, 1.807) is 0 Å². The number of likely N-dealkylation sites (tertiary alicyclic amines) is 1. The summed E-state index contributed by atoms with van der Waals surface area (Å²) < 4.78 is 2.39. The Morgan fingerprint density at radius 3 is 2.45 bits per heavy atom. The molecule has 168 valence electrons. The number of nitrogens with zero attached hydrogens (tertiary/aromatic N) is 2. The molecule has 1 saturated heterocycles. The van der Waals surface area contributed by atoms with Gasteiger partial charge >= 0.3 is 0 Å². The van der Waals surface area contributed by atoms with Gasteiger partial charge in [-0.2, -0.15) is 0 Å². The first-order valence-corrected chi connectivity index (χ1v) is 12.4. The van der Waals surface area contributed by atoms with Gasteiger partial charge in [-0.1, -0.05) is 12.8 Å². The molecule has 0 unspecified atom stereocenters. The van der Waals surface area contributed by atoms with Gasteiger partial charge in [0.1, 0.15) is 0 Å². The number of hydrogen-bond donors (Lipinski definition) is 1. The van der Waals surface area contributed by atoms with Gasteiger partial charge in [0.2, 0.25) is 0 Å². The summed E-state index contributed by atoms with van der Waals surface area (Å²) in [6.07, 6.45) is 11.2. The molecule has 0 radical (unpaired) electrons. The molecule has 4 heteroatoms. The molecule has 1 fully saturated rings. The van der Waals surface area contributed by atoms with E-state index in [9.17, 15) is 4.79 Å². The summed E-state index contributed by atoms with van der Waals surface area (Å²) in [7, 11) is 0. The van der Waals surface area contributed by atoms with E-state index in [-0.39, 0.29) is 5.91 Å². The Labute approximate surface area is 188 Å². The number of aryl methyl sites for hydroxylation is 2. The number of fused-ring (bicyclic) bond motifs is 1. The average Bonchev–Trinajstić information content (AvgIpc) is 2.91. The van der Waals surface area contributed by atoms with E-state index in [1.807, 2.05) is 12.1 Å². The Hall–Kier alpha value is -2.07. The second-order valence-corrected chi connectivity index (χ2v) is 9.68. The molecule has 2 aromatic rings. The van der Waals surface area contributed by atoms with Crippen LogP contribution >= 0.6 is 0 Å². The van der Waals surface area contributed by atoms with Gasteiger partial charge in [-0.25, -0.2) is 0 Å². The van der Waals surface area contributed by atoms with Crippen LogP contribution < -0.4 is 5.32 Å². The summed E-state index contributed by atoms with van der Waals surface area (Å²) in [6.45, 7) is 8.67. The molecule has 1 aromatic heterocycles. The number of carbonyl (C=O) groups excluding carboxylic acids is 1. The van der Waals surface area contributed by atoms with Crippen LogP contribution in [0.3, 0.4) is 0 Å². The van der Waals surface area contributed by atoms with Crippen molar-refractivity contribution in [3.63, 3.8) is 0 Å². The van der Waals surface area contributed by atoms with E-state index < -0.39 is 0 Å². The highest BCUT2D eigenvalue weighted by Gasteiger charge is 2.23. The maximum absolute atomic E-state index is 12.6. The molecule has 4 rings (SSSR count). The zero-order chi connectivity index (χ0) is 21.8. The van der Waals surface area contributed by atoms with E-state index in [1.165, 1.54) is 67.6 Å². The van der Waals surface area contributed by atoms with Gasteiger partial charge in [-0.15, -0.1) is 0 Å². The molecular weight excluding hydrogens is 382 g/mol. The topological polar surface area (TPSA) is 37.3 Å². The van der Waals surface area contributed by atoms with Crippen LogP contribution in [0.25, 0.3) is 5.69 Å². The lowest BCUT2D eigenvalue weighted by molar-refractivity contribution is 0.0925. The second-order valence-electron chi connectivity index (χ2n) is 9.68. The largest absolute Gasteiger partial charge is 0.352 e. The van der Waals surface area contributed by atoms with Crippen molar-refractivity contribution >= 4 is 5.91 Å². The first kappa shape index (κ1) is 22.1. The molecule has 1 amide bonds. The van der Waals surface area contributed by atoms with Gasteiger partial charge in [-0.05, 0) is 102 Å². The maximum Gasteiger partial charge on any atom is 0.251 e. The third-order valence-electron chi connectivity index (χ3n) is 7.38. The van der Waals surface area contributed by atoms with Crippen molar-refractivity contribution in [1.29, 1.82) is 0 Å². The molecule has 2 aliphatic rings. The monoisotopic (exact) mass is 421 g/mol. The van der Waals surface area contributed by atoms with Crippen LogP contribution in [0.4, 0.5) is 0 Å². The van der Waals surface area contributed by atoms with Gasteiger partial charge in [0.25, 0.3) is 5.91 Å². The molecule has 1 aliphatic carbocycles. The quantitative estimate of drug-likeness (QED) is 0.498. The Bertz CT molecular complexity index is 873. The predicted molar refractivity (Wildman–Crippen MR) is 128 cm³/mol. The fraction of sp³-hybridized carbons (Fsp3) is 0.593. The van der Waals surface area contributed by atoms with Gasteiger partial charge in [0.05, 0.1) is 0 Å². The molecule has 0 saturated carbocycles. The fourth-order valence-corrected chi connectivity index (χ4v) is 5.63. The predicted octanol–water partition coefficient (Wildman–Crippen LogP) is 5.44. The second kappa shape index (κ2) is 10.0. The zero-order valence-corrected chi connectivity index (χ0v) is 19.6. The number of carbonyl (C=O) groups is 1. The molecule has 0 bridgehead atoms. The molecular formula is C27H39N3O. The minimum Gasteiger partial charge on any atom is -0.352 e. The van der Waals surface area contributed by atoms with Crippen molar-refractivity contribution < 1.29 is 4.79 Å². The van der Waals surface area contributed by atoms with Gasteiger partial charge < -0.3 is 9.88 Å². The number of amides is 1. The third-order valence-corrected chi connectivity index (χ3v) is 7.38. The van der Waals surface area contributed by atoms with Gasteiger partial charge in [0.15, 0.2) is 0 Å². The summed E-state index contributed by atoms with van der Waals surface area (Å²) in [5.41, 5.74) is 6.19. The highest BCUT2D eigenvalue weighted by molar-refractivity contribution is 5.94. The molecule has 31 heavy (non-hydrogen) atoms. The highest BCUT2D eigenvalue weighted by Crippen LogP contribution is 2.27. The lowest BCUT2D eigenvalue weighted by atomic mass is 9.97. The number of piperidine rings is 1. The number of benzene rings is 1. The van der Waals surface area contributed by atoms with E-state index in [2.05, 4.69) is 53.8 Å². The smallest absolute Gasteiger partial charge is 0.251 e. The fourth-order valence-electron chi connectivity index (χ4n) is 5.63. The van der Waals surface area contributed by atoms with E-state index in [0.29, 0.717) is 12.1 Å². The average molecular weight is 422 g/mol. The van der Waals surface area contributed by atoms with Crippen LogP contribution in [0, 0.1) is 6.92 Å². The number of rotatable bonds is 6. The summed E-state index contributed by atoms with van der Waals surface area (Å²) in [6, 6.07) is 11.8. The van der Waals surface area contributed by atoms with E-state index in [4.69, 9.17) is 0 Å². The van der Waals surface area contributed by atoms with Crippen molar-refractivity contribution in [2.24, 2.45) is 0 Å². The summed E-state index contributed by atoms with van der Waals surface area (Å²) in [5, 5.41) is 3.12. The molecule has 1 aromatic carbocycles. The lowest BCUT2D eigenvalue weighted by Gasteiger charge is -2.39. The van der Waals surface area contributed by atoms with E-state index >= 15 is 0 Å². The number of hydrogen-bond acceptors (Lipinski definition) is 2. The standard InChI is InChI=1S/C27H39N3O/c1-20-9-7-10-21(2)29(20)18-8-17-28-27(31)23-13-15-25(16-14-23)30-22(3)19-24-11-5-4-6-12-26(24)30/h13-16,19-21H,4-12,17-18H2,1-3H3,(H,28,31)/t20-,21-/m0/s1. The van der Waals surface area contributed by atoms with Crippen molar-refractivity contribution in [1.82, 2.24) is 14.8 Å². The number of nitrogens with one attached hydrogen (secondary N) is 1. The van der Waals surface area contributed by atoms with Crippen LogP contribution in [0.2, 0.25) is 0 Å². The summed E-state index contributed by atoms with van der Waals surface area (Å²) in [4.78, 5) is 15.2. The molecule has 1 aliphatic heterocycles. The minimum absolute atomic E-state index is 0.0364. The number of aromatic nitrogens is 1. The van der Waals surface area contributed by atoms with Gasteiger partial charge in [-0.3, -0.25) is 9.69 Å². The lowest BCUT2D eigenvalue weighted by Crippen LogP contribution is -2.44. The SMILES string of the molecule is Cc1cc2c(n1-c1ccc(C(=O)NCCCN3[C@@H](C)CCC[C@@H]3C)cc1)CCCCC2. The van der Waals surface area contributed by atoms with Crippen LogP contribution in [-0.4, -0.2) is 40.5 Å². The molecule has 1 N–H and O–H groups in total. The summed E-state index contributed by atoms with van der Waals surface area (Å²) in [5.74, 6) is 0.0364. The first-order chi connectivity index (χ1) is 15.0. The van der Waals surface area contributed by atoms with E-state index in [0.717, 1.165) is 31.5 Å². The Kier molecular flexibility index (Phi) is 7.16. The first-order valence-electron chi connectivity index (χ1n) is 12.4. The molecule has 2 heterocycles. The minimum atomic E-state index is 0.0364. The van der Waals surface area contributed by atoms with Crippen LogP contribution in [-0.2, 0) is 12.8 Å². The Morgan fingerprint density at radius 1 is 1.00 bits per heavy atom. The third kappa shape index (κ3) is 5.06. The zero-order valence-electron chi connectivity index (χ0n) is 19.6. The maximum atomic E-state index is 12.6. The highest BCUT2D eigenvalue weighted by atomic mass is 16.1. The summed E-state index contributed by atoms with van der Waals surface area (Å²) >= 11 is 0. The molecule has 0 spiro atoms. The normalized spacial score (nSPS) is 22.0. The van der Waals surface area contributed by atoms with Crippen molar-refractivity contribution in [2.45, 2.75) is 90.6 Å². The van der Waals surface area contributed by atoms with Crippen LogP contribution in [0.1, 0.15) is 86.1 Å². The van der Waals surface area contributed by atoms with Crippen molar-refractivity contribution in [2.75, 3.05) is 13.1 Å². The molecule has 4 nitrogen and oxygen atoms in total. The van der Waals surface area contributed by atoms with Gasteiger partial charge in [0, 0.05) is 47.8 Å². The molecule has 2 atom stereocenters. The van der Waals surface area contributed by atoms with Crippen LogP contribution in [0.5, 0.6) is 0 Å². The van der Waals surface area contributed by atoms with Crippen molar-refractivity contribution in [3.05, 3.63) is 52.8 Å². The Morgan fingerprint density at radius 2 is 1.71 bits per heavy atom. The van der Waals surface area contributed by atoms with Crippen LogP contribution in [0.15, 0.2) is 30.3 Å². The van der Waals surface area contributed by atoms with Crippen molar-refractivity contribution in [3.8, 4) is 5.69 Å². The Balaban J connectivity index is 1.33.